The molecule has 1 aliphatic rings. The number of rotatable bonds is 4. The molecule has 3 nitrogen and oxygen atoms in total. The van der Waals surface area contributed by atoms with Crippen LogP contribution in [0, 0.1) is 12.8 Å². The van der Waals surface area contributed by atoms with Gasteiger partial charge in [-0.25, -0.2) is 0 Å². The van der Waals surface area contributed by atoms with E-state index in [-0.39, 0.29) is 0 Å². The Morgan fingerprint density at radius 3 is 2.72 bits per heavy atom. The van der Waals surface area contributed by atoms with Gasteiger partial charge < -0.3 is 5.32 Å². The standard InChI is InChI=1S/C13H21Cl2N3/c1-9-13(15)12(18(2)17-9)8-16-11-6-4-3-5-10(11)7-14/h10-11,16H,3-8H2,1-2H3. The van der Waals surface area contributed by atoms with Gasteiger partial charge in [0, 0.05) is 25.5 Å². The van der Waals surface area contributed by atoms with Crippen molar-refractivity contribution in [1.29, 1.82) is 0 Å². The third-order valence-electron chi connectivity index (χ3n) is 3.90. The lowest BCUT2D eigenvalue weighted by atomic mass is 9.86. The molecule has 2 atom stereocenters. The molecule has 1 aliphatic carbocycles. The topological polar surface area (TPSA) is 29.9 Å². The van der Waals surface area contributed by atoms with Crippen molar-refractivity contribution in [2.75, 3.05) is 5.88 Å². The highest BCUT2D eigenvalue weighted by atomic mass is 35.5. The maximum atomic E-state index is 6.25. The second-order valence-corrected chi connectivity index (χ2v) is 5.84. The first-order valence-electron chi connectivity index (χ1n) is 6.60. The molecule has 1 heterocycles. The summed E-state index contributed by atoms with van der Waals surface area (Å²) in [5.74, 6) is 1.34. The quantitative estimate of drug-likeness (QED) is 0.863. The molecule has 102 valence electrons. The minimum absolute atomic E-state index is 0.516. The Labute approximate surface area is 119 Å². The predicted octanol–water partition coefficient (Wildman–Crippen LogP) is 3.27. The predicted molar refractivity (Wildman–Crippen MR) is 76.3 cm³/mol. The number of aryl methyl sites for hydroxylation is 2. The first kappa shape index (κ1) is 14.2. The maximum absolute atomic E-state index is 6.25. The summed E-state index contributed by atoms with van der Waals surface area (Å²) in [6, 6.07) is 0.516. The van der Waals surface area contributed by atoms with Crippen LogP contribution in [0.3, 0.4) is 0 Å². The van der Waals surface area contributed by atoms with Crippen molar-refractivity contribution in [3.63, 3.8) is 0 Å². The average molecular weight is 290 g/mol. The molecule has 0 saturated heterocycles. The Bertz CT molecular complexity index is 403. The van der Waals surface area contributed by atoms with Crippen molar-refractivity contribution in [3.05, 3.63) is 16.4 Å². The molecule has 1 aromatic heterocycles. The molecule has 2 rings (SSSR count). The van der Waals surface area contributed by atoms with Crippen molar-refractivity contribution in [2.45, 2.75) is 45.2 Å². The molecule has 18 heavy (non-hydrogen) atoms. The average Bonchev–Trinajstić information content (AvgIpc) is 2.62. The number of nitrogens with one attached hydrogen (secondary N) is 1. The molecule has 1 N–H and O–H groups in total. The molecule has 0 radical (unpaired) electrons. The number of nitrogens with zero attached hydrogens (tertiary/aromatic N) is 2. The van der Waals surface area contributed by atoms with Crippen molar-refractivity contribution in [1.82, 2.24) is 15.1 Å². The Morgan fingerprint density at radius 1 is 1.39 bits per heavy atom. The van der Waals surface area contributed by atoms with E-state index in [9.17, 15) is 0 Å². The van der Waals surface area contributed by atoms with Gasteiger partial charge in [0.2, 0.25) is 0 Å². The summed E-state index contributed by atoms with van der Waals surface area (Å²) in [6.45, 7) is 2.71. The van der Waals surface area contributed by atoms with E-state index in [0.717, 1.165) is 28.8 Å². The van der Waals surface area contributed by atoms with E-state index in [1.807, 2.05) is 18.7 Å². The Hall–Kier alpha value is -0.250. The van der Waals surface area contributed by atoms with Gasteiger partial charge >= 0.3 is 0 Å². The van der Waals surface area contributed by atoms with E-state index in [0.29, 0.717) is 12.0 Å². The fourth-order valence-electron chi connectivity index (χ4n) is 2.76. The van der Waals surface area contributed by atoms with Crippen molar-refractivity contribution in [2.24, 2.45) is 13.0 Å². The molecule has 1 aromatic rings. The van der Waals surface area contributed by atoms with Gasteiger partial charge in [0.25, 0.3) is 0 Å². The van der Waals surface area contributed by atoms with Gasteiger partial charge in [0.15, 0.2) is 0 Å². The van der Waals surface area contributed by atoms with Gasteiger partial charge in [-0.1, -0.05) is 24.4 Å². The minimum atomic E-state index is 0.516. The van der Waals surface area contributed by atoms with Crippen LogP contribution in [0.2, 0.25) is 5.02 Å². The van der Waals surface area contributed by atoms with Crippen LogP contribution in [0.4, 0.5) is 0 Å². The van der Waals surface area contributed by atoms with Crippen LogP contribution in [0.25, 0.3) is 0 Å². The molecule has 0 aromatic carbocycles. The summed E-state index contributed by atoms with van der Waals surface area (Å²) in [6.07, 6.45) is 5.05. The number of aromatic nitrogens is 2. The summed E-state index contributed by atoms with van der Waals surface area (Å²) >= 11 is 12.3. The Balaban J connectivity index is 1.98. The third kappa shape index (κ3) is 3.01. The fourth-order valence-corrected chi connectivity index (χ4v) is 3.36. The van der Waals surface area contributed by atoms with E-state index in [1.165, 1.54) is 25.7 Å². The highest BCUT2D eigenvalue weighted by Gasteiger charge is 2.24. The lowest BCUT2D eigenvalue weighted by molar-refractivity contribution is 0.280. The molecule has 0 aliphatic heterocycles. The second-order valence-electron chi connectivity index (χ2n) is 5.16. The smallest absolute Gasteiger partial charge is 0.0860 e. The zero-order chi connectivity index (χ0) is 13.1. The van der Waals surface area contributed by atoms with Crippen molar-refractivity contribution in [3.8, 4) is 0 Å². The van der Waals surface area contributed by atoms with Gasteiger partial charge in [-0.05, 0) is 25.7 Å². The summed E-state index contributed by atoms with van der Waals surface area (Å²) in [5.41, 5.74) is 1.96. The Kier molecular flexibility index (Phi) is 4.93. The number of hydrogen-bond donors (Lipinski definition) is 1. The minimum Gasteiger partial charge on any atom is -0.308 e. The van der Waals surface area contributed by atoms with E-state index >= 15 is 0 Å². The first-order valence-corrected chi connectivity index (χ1v) is 7.52. The van der Waals surface area contributed by atoms with Gasteiger partial charge in [0.05, 0.1) is 16.4 Å². The molecular weight excluding hydrogens is 269 g/mol. The van der Waals surface area contributed by atoms with Crippen LogP contribution in [-0.4, -0.2) is 21.7 Å². The molecule has 0 spiro atoms. The van der Waals surface area contributed by atoms with E-state index in [1.54, 1.807) is 0 Å². The molecule has 0 amide bonds. The van der Waals surface area contributed by atoms with Gasteiger partial charge in [0.1, 0.15) is 0 Å². The number of hydrogen-bond acceptors (Lipinski definition) is 2. The molecule has 5 heteroatoms. The van der Waals surface area contributed by atoms with Crippen LogP contribution < -0.4 is 5.32 Å². The molecule has 1 fully saturated rings. The van der Waals surface area contributed by atoms with E-state index in [4.69, 9.17) is 23.2 Å². The molecule has 1 saturated carbocycles. The first-order chi connectivity index (χ1) is 8.63. The van der Waals surface area contributed by atoms with Crippen molar-refractivity contribution < 1.29 is 0 Å². The van der Waals surface area contributed by atoms with E-state index < -0.39 is 0 Å². The summed E-state index contributed by atoms with van der Waals surface area (Å²) in [4.78, 5) is 0. The third-order valence-corrected chi connectivity index (χ3v) is 4.79. The summed E-state index contributed by atoms with van der Waals surface area (Å²) in [5, 5.41) is 8.72. The number of halogens is 2. The van der Waals surface area contributed by atoms with Gasteiger partial charge in [-0.2, -0.15) is 5.10 Å². The zero-order valence-corrected chi connectivity index (χ0v) is 12.6. The van der Waals surface area contributed by atoms with Crippen LogP contribution in [0.15, 0.2) is 0 Å². The summed E-state index contributed by atoms with van der Waals surface area (Å²) in [7, 11) is 1.94. The van der Waals surface area contributed by atoms with Crippen molar-refractivity contribution >= 4 is 23.2 Å². The molecular formula is C13H21Cl2N3. The normalized spacial score (nSPS) is 24.4. The lowest BCUT2D eigenvalue weighted by Gasteiger charge is -2.31. The zero-order valence-electron chi connectivity index (χ0n) is 11.0. The SMILES string of the molecule is Cc1nn(C)c(CNC2CCCCC2CCl)c1Cl. The maximum Gasteiger partial charge on any atom is 0.0860 e. The van der Waals surface area contributed by atoms with Crippen LogP contribution in [0.1, 0.15) is 37.1 Å². The molecule has 0 bridgehead atoms. The van der Waals surface area contributed by atoms with Crippen LogP contribution in [-0.2, 0) is 13.6 Å². The molecule has 2 unspecified atom stereocenters. The highest BCUT2D eigenvalue weighted by molar-refractivity contribution is 6.31. The monoisotopic (exact) mass is 289 g/mol. The lowest BCUT2D eigenvalue weighted by Crippen LogP contribution is -2.39. The van der Waals surface area contributed by atoms with Crippen LogP contribution >= 0.6 is 23.2 Å². The summed E-state index contributed by atoms with van der Waals surface area (Å²) < 4.78 is 1.86. The largest absolute Gasteiger partial charge is 0.308 e. The van der Waals surface area contributed by atoms with Gasteiger partial charge in [-0.15, -0.1) is 11.6 Å². The Morgan fingerprint density at radius 2 is 2.11 bits per heavy atom. The highest BCUT2D eigenvalue weighted by Crippen LogP contribution is 2.26. The fraction of sp³-hybridized carbons (Fsp3) is 0.769. The van der Waals surface area contributed by atoms with Gasteiger partial charge in [-0.3, -0.25) is 4.68 Å². The number of alkyl halides is 1. The second kappa shape index (κ2) is 6.27. The van der Waals surface area contributed by atoms with E-state index in [2.05, 4.69) is 10.4 Å². The van der Waals surface area contributed by atoms with Crippen LogP contribution in [0.5, 0.6) is 0 Å².